The van der Waals surface area contributed by atoms with Crippen LogP contribution in [0.5, 0.6) is 11.5 Å². The number of hydrogen-bond donors (Lipinski definition) is 0. The van der Waals surface area contributed by atoms with Crippen molar-refractivity contribution in [2.45, 2.75) is 0 Å². The van der Waals surface area contributed by atoms with Crippen LogP contribution in [0.1, 0.15) is 0 Å². The van der Waals surface area contributed by atoms with Crippen LogP contribution in [-0.4, -0.2) is 19.3 Å². The van der Waals surface area contributed by atoms with E-state index < -0.39 is 0 Å². The molecular formula is C9H6ClNO3. The Morgan fingerprint density at radius 1 is 1.29 bits per heavy atom. The zero-order valence-corrected chi connectivity index (χ0v) is 7.87. The molecule has 0 N–H and O–H groups in total. The van der Waals surface area contributed by atoms with E-state index in [2.05, 4.69) is 4.99 Å². The maximum atomic E-state index is 10.1. The van der Waals surface area contributed by atoms with Gasteiger partial charge >= 0.3 is 0 Å². The van der Waals surface area contributed by atoms with Crippen molar-refractivity contribution >= 4 is 23.4 Å². The average Bonchev–Trinajstić information content (AvgIpc) is 2.19. The number of benzene rings is 1. The normalized spacial score (nSPS) is 13.2. The highest BCUT2D eigenvalue weighted by Gasteiger charge is 2.14. The molecule has 0 saturated heterocycles. The molecule has 1 aliphatic heterocycles. The minimum absolute atomic E-state index is 0.339. The summed E-state index contributed by atoms with van der Waals surface area (Å²) < 4.78 is 10.6. The van der Waals surface area contributed by atoms with Crippen molar-refractivity contribution in [1.82, 2.24) is 0 Å². The molecule has 1 heterocycles. The molecule has 14 heavy (non-hydrogen) atoms. The van der Waals surface area contributed by atoms with Crippen LogP contribution < -0.4 is 9.47 Å². The number of fused-ring (bicyclic) bond motifs is 1. The van der Waals surface area contributed by atoms with Crippen LogP contribution in [0.4, 0.5) is 5.69 Å². The summed E-state index contributed by atoms with van der Waals surface area (Å²) >= 11 is 5.83. The molecule has 0 aromatic heterocycles. The Hall–Kier alpha value is -1.51. The molecule has 0 atom stereocenters. The van der Waals surface area contributed by atoms with Crippen LogP contribution in [0.25, 0.3) is 0 Å². The molecular weight excluding hydrogens is 206 g/mol. The van der Waals surface area contributed by atoms with E-state index in [1.165, 1.54) is 6.08 Å². The molecule has 0 bridgehead atoms. The van der Waals surface area contributed by atoms with Gasteiger partial charge in [-0.15, -0.1) is 0 Å². The first-order chi connectivity index (χ1) is 6.81. The summed E-state index contributed by atoms with van der Waals surface area (Å²) in [6.07, 6.45) is 1.43. The van der Waals surface area contributed by atoms with Crippen molar-refractivity contribution in [3.8, 4) is 11.5 Å². The zero-order chi connectivity index (χ0) is 9.97. The summed E-state index contributed by atoms with van der Waals surface area (Å²) in [5.74, 6) is 1.13. The Kier molecular flexibility index (Phi) is 2.39. The first-order valence-electron chi connectivity index (χ1n) is 3.98. The van der Waals surface area contributed by atoms with Gasteiger partial charge in [-0.05, 0) is 0 Å². The third-order valence-electron chi connectivity index (χ3n) is 1.78. The largest absolute Gasteiger partial charge is 0.486 e. The monoisotopic (exact) mass is 211 g/mol. The quantitative estimate of drug-likeness (QED) is 0.528. The lowest BCUT2D eigenvalue weighted by molar-refractivity contribution is 0.171. The van der Waals surface area contributed by atoms with Gasteiger partial charge in [-0.3, -0.25) is 0 Å². The Bertz CT molecular complexity index is 413. The maximum Gasteiger partial charge on any atom is 0.240 e. The van der Waals surface area contributed by atoms with Crippen LogP contribution in [0, 0.1) is 0 Å². The summed E-state index contributed by atoms with van der Waals surface area (Å²) in [5.41, 5.74) is 0.339. The molecule has 2 rings (SSSR count). The molecule has 0 fully saturated rings. The van der Waals surface area contributed by atoms with Gasteiger partial charge in [0.15, 0.2) is 11.5 Å². The van der Waals surface area contributed by atoms with Gasteiger partial charge in [0.1, 0.15) is 13.2 Å². The van der Waals surface area contributed by atoms with Crippen molar-refractivity contribution < 1.29 is 14.3 Å². The fourth-order valence-corrected chi connectivity index (χ4v) is 1.38. The van der Waals surface area contributed by atoms with E-state index in [1.807, 2.05) is 0 Å². The standard InChI is InChI=1S/C9H6ClNO3/c10-6-3-8-9(14-2-1-13-8)4-7(6)11-5-12/h3-4H,1-2H2. The van der Waals surface area contributed by atoms with Crippen LogP contribution >= 0.6 is 11.6 Å². The highest BCUT2D eigenvalue weighted by Crippen LogP contribution is 2.38. The van der Waals surface area contributed by atoms with E-state index >= 15 is 0 Å². The fourth-order valence-electron chi connectivity index (χ4n) is 1.19. The Morgan fingerprint density at radius 3 is 2.57 bits per heavy atom. The molecule has 1 aromatic rings. The smallest absolute Gasteiger partial charge is 0.240 e. The van der Waals surface area contributed by atoms with Gasteiger partial charge in [0.2, 0.25) is 6.08 Å². The minimum atomic E-state index is 0.339. The number of nitrogens with zero attached hydrogens (tertiary/aromatic N) is 1. The van der Waals surface area contributed by atoms with Crippen LogP contribution in [0.3, 0.4) is 0 Å². The van der Waals surface area contributed by atoms with E-state index in [0.29, 0.717) is 35.4 Å². The third kappa shape index (κ3) is 1.58. The molecule has 1 aliphatic rings. The van der Waals surface area contributed by atoms with Gasteiger partial charge in [0, 0.05) is 12.1 Å². The SMILES string of the molecule is O=C=Nc1cc2c(cc1Cl)OCCO2. The first-order valence-corrected chi connectivity index (χ1v) is 4.36. The highest BCUT2D eigenvalue weighted by molar-refractivity contribution is 6.33. The molecule has 1 aromatic carbocycles. The van der Waals surface area contributed by atoms with Gasteiger partial charge < -0.3 is 9.47 Å². The molecule has 0 saturated carbocycles. The molecule has 4 nitrogen and oxygen atoms in total. The first kappa shape index (κ1) is 9.06. The van der Waals surface area contributed by atoms with E-state index in [-0.39, 0.29) is 0 Å². The highest BCUT2D eigenvalue weighted by atomic mass is 35.5. The zero-order valence-electron chi connectivity index (χ0n) is 7.12. The van der Waals surface area contributed by atoms with Gasteiger partial charge in [-0.1, -0.05) is 11.6 Å². The van der Waals surface area contributed by atoms with E-state index in [1.54, 1.807) is 12.1 Å². The number of halogens is 1. The van der Waals surface area contributed by atoms with Crippen LogP contribution in [-0.2, 0) is 4.79 Å². The second kappa shape index (κ2) is 3.70. The number of aliphatic imine (C=N–C) groups is 1. The van der Waals surface area contributed by atoms with Gasteiger partial charge in [-0.25, -0.2) is 4.79 Å². The number of ether oxygens (including phenoxy) is 2. The molecule has 0 radical (unpaired) electrons. The van der Waals surface area contributed by atoms with Crippen molar-refractivity contribution in [2.75, 3.05) is 13.2 Å². The third-order valence-corrected chi connectivity index (χ3v) is 2.08. The van der Waals surface area contributed by atoms with Gasteiger partial charge in [-0.2, -0.15) is 4.99 Å². The van der Waals surface area contributed by atoms with Crippen LogP contribution in [0.2, 0.25) is 5.02 Å². The average molecular weight is 212 g/mol. The van der Waals surface area contributed by atoms with Gasteiger partial charge in [0.05, 0.1) is 10.7 Å². The molecule has 0 amide bonds. The molecule has 0 spiro atoms. The van der Waals surface area contributed by atoms with Crippen molar-refractivity contribution in [1.29, 1.82) is 0 Å². The Morgan fingerprint density at radius 2 is 1.93 bits per heavy atom. The predicted molar refractivity (Wildman–Crippen MR) is 50.2 cm³/mol. The second-order valence-corrected chi connectivity index (χ2v) is 3.06. The lowest BCUT2D eigenvalue weighted by Crippen LogP contribution is -2.15. The van der Waals surface area contributed by atoms with E-state index in [4.69, 9.17) is 21.1 Å². The van der Waals surface area contributed by atoms with Gasteiger partial charge in [0.25, 0.3) is 0 Å². The Labute approximate surface area is 85.1 Å². The summed E-state index contributed by atoms with van der Waals surface area (Å²) in [4.78, 5) is 13.5. The van der Waals surface area contributed by atoms with E-state index in [9.17, 15) is 4.79 Å². The molecule has 0 unspecified atom stereocenters. The topological polar surface area (TPSA) is 47.9 Å². The maximum absolute atomic E-state index is 10.1. The number of isocyanates is 1. The summed E-state index contributed by atoms with van der Waals surface area (Å²) in [7, 11) is 0. The predicted octanol–water partition coefficient (Wildman–Crippen LogP) is 2.08. The second-order valence-electron chi connectivity index (χ2n) is 2.65. The number of hydrogen-bond acceptors (Lipinski definition) is 4. The van der Waals surface area contributed by atoms with Crippen LogP contribution in [0.15, 0.2) is 17.1 Å². The van der Waals surface area contributed by atoms with E-state index in [0.717, 1.165) is 0 Å². The lowest BCUT2D eigenvalue weighted by Gasteiger charge is -2.18. The molecule has 5 heteroatoms. The summed E-state index contributed by atoms with van der Waals surface area (Å²) in [6, 6.07) is 3.13. The van der Waals surface area contributed by atoms with Crippen molar-refractivity contribution in [3.05, 3.63) is 17.2 Å². The minimum Gasteiger partial charge on any atom is -0.486 e. The molecule has 72 valence electrons. The van der Waals surface area contributed by atoms with Crippen molar-refractivity contribution in [2.24, 2.45) is 4.99 Å². The number of rotatable bonds is 1. The number of carbonyl (C=O) groups excluding carboxylic acids is 1. The summed E-state index contributed by atoms with van der Waals surface area (Å²) in [5, 5.41) is 0.345. The van der Waals surface area contributed by atoms with Crippen molar-refractivity contribution in [3.63, 3.8) is 0 Å². The lowest BCUT2D eigenvalue weighted by atomic mass is 10.2. The summed E-state index contributed by atoms with van der Waals surface area (Å²) in [6.45, 7) is 0.985. The Balaban J connectivity index is 2.50. The fraction of sp³-hybridized carbons (Fsp3) is 0.222. The molecule has 0 aliphatic carbocycles.